The minimum Gasteiger partial charge on any atom is -0.350 e. The molecule has 0 unspecified atom stereocenters. The van der Waals surface area contributed by atoms with Gasteiger partial charge in [0.2, 0.25) is 17.6 Å². The smallest absolute Gasteiger partial charge is 0.227 e. The number of aromatic nitrogens is 5. The van der Waals surface area contributed by atoms with Gasteiger partial charge >= 0.3 is 0 Å². The number of rotatable bonds is 5. The Morgan fingerprint density at radius 1 is 1.26 bits per heavy atom. The molecule has 1 aliphatic rings. The molecule has 1 aliphatic heterocycles. The first-order valence-corrected chi connectivity index (χ1v) is 10.6. The summed E-state index contributed by atoms with van der Waals surface area (Å²) in [7, 11) is 2.02. The Balaban J connectivity index is 1.24. The quantitative estimate of drug-likeness (QED) is 0.497. The molecular weight excluding hydrogens is 392 g/mol. The van der Waals surface area contributed by atoms with Crippen molar-refractivity contribution in [1.82, 2.24) is 29.6 Å². The van der Waals surface area contributed by atoms with Gasteiger partial charge in [0, 0.05) is 56.1 Å². The minimum atomic E-state index is 0.173. The van der Waals surface area contributed by atoms with E-state index in [0.717, 1.165) is 35.9 Å². The molecule has 8 heteroatoms. The number of para-hydroxylation sites is 1. The van der Waals surface area contributed by atoms with E-state index in [9.17, 15) is 4.79 Å². The summed E-state index contributed by atoms with van der Waals surface area (Å²) in [6.45, 7) is 1.52. The van der Waals surface area contributed by atoms with Crippen LogP contribution in [0.3, 0.4) is 0 Å². The van der Waals surface area contributed by atoms with Crippen LogP contribution in [0.15, 0.2) is 53.6 Å². The molecule has 0 bridgehead atoms. The topological polar surface area (TPSA) is 89.9 Å². The van der Waals surface area contributed by atoms with Gasteiger partial charge in [-0.1, -0.05) is 23.4 Å². The predicted octanol–water partition coefficient (Wildman–Crippen LogP) is 3.04. The van der Waals surface area contributed by atoms with Crippen LogP contribution in [-0.2, 0) is 24.7 Å². The largest absolute Gasteiger partial charge is 0.350 e. The summed E-state index contributed by atoms with van der Waals surface area (Å²) in [5.41, 5.74) is 2.82. The van der Waals surface area contributed by atoms with Crippen LogP contribution >= 0.6 is 0 Å². The lowest BCUT2D eigenvalue weighted by atomic mass is 9.94. The third kappa shape index (κ3) is 4.05. The highest BCUT2D eigenvalue weighted by Gasteiger charge is 2.26. The van der Waals surface area contributed by atoms with Crippen molar-refractivity contribution < 1.29 is 9.32 Å². The molecule has 3 aromatic heterocycles. The molecule has 0 saturated carbocycles. The van der Waals surface area contributed by atoms with Crippen molar-refractivity contribution in [3.05, 3.63) is 60.5 Å². The highest BCUT2D eigenvalue weighted by molar-refractivity contribution is 5.89. The third-order valence-electron chi connectivity index (χ3n) is 5.92. The van der Waals surface area contributed by atoms with E-state index in [1.807, 2.05) is 24.1 Å². The molecule has 158 valence electrons. The summed E-state index contributed by atoms with van der Waals surface area (Å²) in [5, 5.41) is 5.17. The summed E-state index contributed by atoms with van der Waals surface area (Å²) < 4.78 is 7.51. The summed E-state index contributed by atoms with van der Waals surface area (Å²) in [5.74, 6) is 1.50. The Morgan fingerprint density at radius 2 is 2.16 bits per heavy atom. The Labute approximate surface area is 179 Å². The van der Waals surface area contributed by atoms with E-state index in [0.29, 0.717) is 42.7 Å². The fourth-order valence-electron chi connectivity index (χ4n) is 4.40. The highest BCUT2D eigenvalue weighted by atomic mass is 16.5. The van der Waals surface area contributed by atoms with Gasteiger partial charge in [-0.15, -0.1) is 0 Å². The Hall–Kier alpha value is -3.55. The van der Waals surface area contributed by atoms with E-state index in [2.05, 4.69) is 43.0 Å². The minimum absolute atomic E-state index is 0.173. The van der Waals surface area contributed by atoms with Gasteiger partial charge in [-0.3, -0.25) is 9.78 Å². The van der Waals surface area contributed by atoms with Crippen molar-refractivity contribution in [2.45, 2.75) is 25.7 Å². The normalized spacial score (nSPS) is 16.7. The molecule has 4 heterocycles. The molecular formula is C23H24N6O2. The molecule has 0 radical (unpaired) electrons. The maximum absolute atomic E-state index is 13.1. The van der Waals surface area contributed by atoms with E-state index < -0.39 is 0 Å². The van der Waals surface area contributed by atoms with Gasteiger partial charge in [-0.2, -0.15) is 4.98 Å². The van der Waals surface area contributed by atoms with Crippen molar-refractivity contribution >= 4 is 16.8 Å². The molecule has 1 aromatic carbocycles. The predicted molar refractivity (Wildman–Crippen MR) is 115 cm³/mol. The highest BCUT2D eigenvalue weighted by Crippen LogP contribution is 2.24. The second kappa shape index (κ2) is 8.29. The van der Waals surface area contributed by atoms with Gasteiger partial charge in [0.15, 0.2) is 0 Å². The van der Waals surface area contributed by atoms with Gasteiger partial charge in [0.1, 0.15) is 5.69 Å². The number of piperidine rings is 1. The summed E-state index contributed by atoms with van der Waals surface area (Å²) in [4.78, 5) is 27.7. The first-order valence-electron chi connectivity index (χ1n) is 10.6. The molecule has 1 fully saturated rings. The van der Waals surface area contributed by atoms with Crippen LogP contribution in [0.2, 0.25) is 0 Å². The summed E-state index contributed by atoms with van der Waals surface area (Å²) in [6, 6.07) is 8.21. The Kier molecular flexibility index (Phi) is 5.19. The maximum Gasteiger partial charge on any atom is 0.227 e. The van der Waals surface area contributed by atoms with Gasteiger partial charge in [-0.05, 0) is 30.4 Å². The SMILES string of the molecule is Cn1cc(CC(=O)N2CCC[C@@H](Cc3nc(-c4cnccn4)no3)C2)c2ccccc21. The van der Waals surface area contributed by atoms with Crippen molar-refractivity contribution in [3.8, 4) is 11.5 Å². The number of carbonyl (C=O) groups is 1. The Morgan fingerprint density at radius 3 is 3.03 bits per heavy atom. The van der Waals surface area contributed by atoms with Crippen LogP contribution < -0.4 is 0 Å². The fourth-order valence-corrected chi connectivity index (χ4v) is 4.40. The third-order valence-corrected chi connectivity index (χ3v) is 5.92. The van der Waals surface area contributed by atoms with Gasteiger partial charge in [0.05, 0.1) is 12.6 Å². The average Bonchev–Trinajstić information content (AvgIpc) is 3.39. The average molecular weight is 416 g/mol. The van der Waals surface area contributed by atoms with E-state index in [1.54, 1.807) is 18.6 Å². The van der Waals surface area contributed by atoms with Gasteiger partial charge in [-0.25, -0.2) is 4.98 Å². The fraction of sp³-hybridized carbons (Fsp3) is 0.348. The van der Waals surface area contributed by atoms with Gasteiger partial charge < -0.3 is 14.0 Å². The number of aryl methyl sites for hydroxylation is 1. The van der Waals surface area contributed by atoms with Crippen molar-refractivity contribution in [2.24, 2.45) is 13.0 Å². The van der Waals surface area contributed by atoms with E-state index in [4.69, 9.17) is 4.52 Å². The van der Waals surface area contributed by atoms with Crippen molar-refractivity contribution in [3.63, 3.8) is 0 Å². The zero-order chi connectivity index (χ0) is 21.2. The molecule has 1 amide bonds. The molecule has 0 spiro atoms. The number of likely N-dealkylation sites (tertiary alicyclic amines) is 1. The van der Waals surface area contributed by atoms with Crippen molar-refractivity contribution in [2.75, 3.05) is 13.1 Å². The number of fused-ring (bicyclic) bond motifs is 1. The number of benzene rings is 1. The number of hydrogen-bond donors (Lipinski definition) is 0. The van der Waals surface area contributed by atoms with Gasteiger partial charge in [0.25, 0.3) is 0 Å². The number of hydrogen-bond acceptors (Lipinski definition) is 6. The van der Waals surface area contributed by atoms with Crippen LogP contribution in [0.25, 0.3) is 22.4 Å². The second-order valence-electron chi connectivity index (χ2n) is 8.11. The molecule has 0 N–H and O–H groups in total. The van der Waals surface area contributed by atoms with E-state index in [1.165, 1.54) is 0 Å². The van der Waals surface area contributed by atoms with Crippen LogP contribution in [0.4, 0.5) is 0 Å². The molecule has 5 rings (SSSR count). The number of nitrogens with zero attached hydrogens (tertiary/aromatic N) is 6. The molecule has 4 aromatic rings. The summed E-state index contributed by atoms with van der Waals surface area (Å²) in [6.07, 6.45) is 10.00. The first-order chi connectivity index (χ1) is 15.2. The van der Waals surface area contributed by atoms with Crippen LogP contribution in [0.1, 0.15) is 24.3 Å². The van der Waals surface area contributed by atoms with E-state index >= 15 is 0 Å². The lowest BCUT2D eigenvalue weighted by Gasteiger charge is -2.32. The number of carbonyl (C=O) groups excluding carboxylic acids is 1. The molecule has 31 heavy (non-hydrogen) atoms. The van der Waals surface area contributed by atoms with Crippen LogP contribution in [-0.4, -0.2) is 48.6 Å². The lowest BCUT2D eigenvalue weighted by Crippen LogP contribution is -2.41. The molecule has 1 saturated heterocycles. The first kappa shape index (κ1) is 19.4. The van der Waals surface area contributed by atoms with Crippen LogP contribution in [0.5, 0.6) is 0 Å². The maximum atomic E-state index is 13.1. The van der Waals surface area contributed by atoms with Crippen LogP contribution in [0, 0.1) is 5.92 Å². The molecule has 1 atom stereocenters. The zero-order valence-electron chi connectivity index (χ0n) is 17.4. The summed E-state index contributed by atoms with van der Waals surface area (Å²) >= 11 is 0. The zero-order valence-corrected chi connectivity index (χ0v) is 17.4. The lowest BCUT2D eigenvalue weighted by molar-refractivity contribution is -0.132. The van der Waals surface area contributed by atoms with E-state index in [-0.39, 0.29) is 5.91 Å². The van der Waals surface area contributed by atoms with Crippen molar-refractivity contribution in [1.29, 1.82) is 0 Å². The second-order valence-corrected chi connectivity index (χ2v) is 8.11. The molecule has 8 nitrogen and oxygen atoms in total. The monoisotopic (exact) mass is 416 g/mol. The Bertz CT molecular complexity index is 1200. The number of amides is 1. The standard InChI is InChI=1S/C23H24N6O2/c1-28-15-17(18-6-2-3-7-20(18)28)12-22(30)29-10-4-5-16(14-29)11-21-26-23(27-31-21)19-13-24-8-9-25-19/h2-3,6-9,13,15-16H,4-5,10-12,14H2,1H3/t16-/m0/s1. The molecule has 0 aliphatic carbocycles.